The molecule has 0 unspecified atom stereocenters. The highest BCUT2D eigenvalue weighted by Crippen LogP contribution is 2.20. The van der Waals surface area contributed by atoms with E-state index < -0.39 is 0 Å². The second-order valence-corrected chi connectivity index (χ2v) is 7.11. The monoisotopic (exact) mass is 495 g/mol. The summed E-state index contributed by atoms with van der Waals surface area (Å²) in [4.78, 5) is 23.8. The molecule has 158 valence electrons. The largest absolute Gasteiger partial charge is 0.378 e. The number of morpholine rings is 1. The molecule has 0 bridgehead atoms. The molecule has 2 aliphatic rings. The molecule has 1 amide bonds. The Hall–Kier alpha value is -0.610. The van der Waals surface area contributed by atoms with Gasteiger partial charge in [0.25, 0.3) is 0 Å². The third kappa shape index (κ3) is 7.73. The van der Waals surface area contributed by atoms with Gasteiger partial charge in [-0.2, -0.15) is 0 Å². The van der Waals surface area contributed by atoms with Gasteiger partial charge >= 0.3 is 0 Å². The number of ether oxygens (including phenoxy) is 1. The Labute approximate surface area is 181 Å². The van der Waals surface area contributed by atoms with Crippen molar-refractivity contribution in [3.05, 3.63) is 0 Å². The number of hydrogen-bond donors (Lipinski definition) is 1. The summed E-state index contributed by atoms with van der Waals surface area (Å²) in [6.45, 7) is 13.2. The summed E-state index contributed by atoms with van der Waals surface area (Å²) in [7, 11) is 1.84. The van der Waals surface area contributed by atoms with Crippen molar-refractivity contribution in [1.82, 2.24) is 20.0 Å². The molecule has 2 fully saturated rings. The van der Waals surface area contributed by atoms with Crippen molar-refractivity contribution in [3.8, 4) is 0 Å². The summed E-state index contributed by atoms with van der Waals surface area (Å²) < 4.78 is 5.35. The first-order chi connectivity index (χ1) is 12.7. The van der Waals surface area contributed by atoms with Crippen LogP contribution in [0.15, 0.2) is 4.99 Å². The van der Waals surface area contributed by atoms with Crippen molar-refractivity contribution in [2.24, 2.45) is 10.9 Å². The van der Waals surface area contributed by atoms with Gasteiger partial charge in [-0.3, -0.25) is 9.79 Å². The molecular formula is C19H38IN5O2. The van der Waals surface area contributed by atoms with Crippen LogP contribution in [0.1, 0.15) is 33.1 Å². The number of likely N-dealkylation sites (N-methyl/N-ethyl adjacent to an activating group) is 1. The minimum Gasteiger partial charge on any atom is -0.378 e. The van der Waals surface area contributed by atoms with Gasteiger partial charge in [-0.15, -0.1) is 24.0 Å². The lowest BCUT2D eigenvalue weighted by molar-refractivity contribution is -0.140. The lowest BCUT2D eigenvalue weighted by Crippen LogP contribution is -2.50. The van der Waals surface area contributed by atoms with Crippen molar-refractivity contribution in [3.63, 3.8) is 0 Å². The van der Waals surface area contributed by atoms with Gasteiger partial charge < -0.3 is 24.8 Å². The first kappa shape index (κ1) is 24.4. The Balaban J connectivity index is 0.00000364. The van der Waals surface area contributed by atoms with Crippen LogP contribution in [-0.2, 0) is 9.53 Å². The number of nitrogens with zero attached hydrogens (tertiary/aromatic N) is 4. The van der Waals surface area contributed by atoms with Crippen LogP contribution in [0, 0.1) is 5.92 Å². The molecule has 0 aliphatic carbocycles. The van der Waals surface area contributed by atoms with E-state index >= 15 is 0 Å². The normalized spacial score (nSPS) is 19.2. The van der Waals surface area contributed by atoms with Gasteiger partial charge in [0, 0.05) is 52.2 Å². The SMILES string of the molecule is CCCN(CC)CCNC(=NC)N1CCC(C(=O)N2CCOCC2)CC1.I. The Kier molecular flexibility index (Phi) is 12.3. The van der Waals surface area contributed by atoms with E-state index in [4.69, 9.17) is 4.74 Å². The second-order valence-electron chi connectivity index (χ2n) is 7.11. The number of carbonyl (C=O) groups excluding carboxylic acids is 1. The number of amides is 1. The van der Waals surface area contributed by atoms with Gasteiger partial charge in [-0.05, 0) is 32.4 Å². The minimum absolute atomic E-state index is 0. The molecule has 0 aromatic carbocycles. The van der Waals surface area contributed by atoms with Gasteiger partial charge in [-0.1, -0.05) is 13.8 Å². The van der Waals surface area contributed by atoms with Crippen molar-refractivity contribution >= 4 is 35.8 Å². The zero-order valence-electron chi connectivity index (χ0n) is 17.3. The number of carbonyl (C=O) groups is 1. The van der Waals surface area contributed by atoms with E-state index in [9.17, 15) is 4.79 Å². The summed E-state index contributed by atoms with van der Waals surface area (Å²) in [5.74, 6) is 1.44. The number of piperidine rings is 1. The van der Waals surface area contributed by atoms with Gasteiger partial charge in [-0.25, -0.2) is 0 Å². The Morgan fingerprint density at radius 2 is 1.78 bits per heavy atom. The molecule has 7 nitrogen and oxygen atoms in total. The predicted molar refractivity (Wildman–Crippen MR) is 121 cm³/mol. The Bertz CT molecular complexity index is 449. The number of halogens is 1. The summed E-state index contributed by atoms with van der Waals surface area (Å²) >= 11 is 0. The molecular weight excluding hydrogens is 457 g/mol. The van der Waals surface area contributed by atoms with Crippen LogP contribution in [0.3, 0.4) is 0 Å². The lowest BCUT2D eigenvalue weighted by atomic mass is 9.95. The van der Waals surface area contributed by atoms with Gasteiger partial charge in [0.15, 0.2) is 5.96 Å². The minimum atomic E-state index is 0. The smallest absolute Gasteiger partial charge is 0.225 e. The summed E-state index contributed by atoms with van der Waals surface area (Å²) in [5, 5.41) is 3.49. The molecule has 2 aliphatic heterocycles. The van der Waals surface area contributed by atoms with Crippen LogP contribution in [0.5, 0.6) is 0 Å². The van der Waals surface area contributed by atoms with E-state index in [1.807, 2.05) is 11.9 Å². The average Bonchev–Trinajstić information content (AvgIpc) is 2.70. The molecule has 0 aromatic heterocycles. The highest BCUT2D eigenvalue weighted by atomic mass is 127. The van der Waals surface area contributed by atoms with E-state index in [1.54, 1.807) is 0 Å². The summed E-state index contributed by atoms with van der Waals surface area (Å²) in [6.07, 6.45) is 3.01. The third-order valence-electron chi connectivity index (χ3n) is 5.38. The maximum absolute atomic E-state index is 12.6. The number of rotatable bonds is 7. The zero-order chi connectivity index (χ0) is 18.8. The third-order valence-corrected chi connectivity index (χ3v) is 5.38. The van der Waals surface area contributed by atoms with Crippen LogP contribution in [0.4, 0.5) is 0 Å². The number of hydrogen-bond acceptors (Lipinski definition) is 4. The number of aliphatic imine (C=N–C) groups is 1. The zero-order valence-corrected chi connectivity index (χ0v) is 19.6. The van der Waals surface area contributed by atoms with Crippen LogP contribution in [0.25, 0.3) is 0 Å². The first-order valence-corrected chi connectivity index (χ1v) is 10.2. The fourth-order valence-corrected chi connectivity index (χ4v) is 3.78. The van der Waals surface area contributed by atoms with E-state index in [0.717, 1.165) is 71.2 Å². The maximum atomic E-state index is 12.6. The quantitative estimate of drug-likeness (QED) is 0.330. The van der Waals surface area contributed by atoms with E-state index in [0.29, 0.717) is 19.1 Å². The standard InChI is InChI=1S/C19H37N5O2.HI/c1-4-9-22(5-2)12-8-21-19(20-3)24-10-6-17(7-11-24)18(25)23-13-15-26-16-14-23;/h17H,4-16H2,1-3H3,(H,20,21);1H. The van der Waals surface area contributed by atoms with Crippen molar-refractivity contribution in [2.45, 2.75) is 33.1 Å². The van der Waals surface area contributed by atoms with Gasteiger partial charge in [0.2, 0.25) is 5.91 Å². The van der Waals surface area contributed by atoms with Crippen molar-refractivity contribution in [1.29, 1.82) is 0 Å². The number of guanidine groups is 1. The molecule has 0 radical (unpaired) electrons. The van der Waals surface area contributed by atoms with Crippen LogP contribution >= 0.6 is 24.0 Å². The molecule has 2 saturated heterocycles. The van der Waals surface area contributed by atoms with Crippen LogP contribution < -0.4 is 5.32 Å². The molecule has 27 heavy (non-hydrogen) atoms. The van der Waals surface area contributed by atoms with Crippen molar-refractivity contribution < 1.29 is 9.53 Å². The fraction of sp³-hybridized carbons (Fsp3) is 0.895. The molecule has 2 heterocycles. The molecule has 8 heteroatoms. The second kappa shape index (κ2) is 13.5. The average molecular weight is 495 g/mol. The summed E-state index contributed by atoms with van der Waals surface area (Å²) in [5.41, 5.74) is 0. The topological polar surface area (TPSA) is 60.4 Å². The molecule has 0 atom stereocenters. The molecule has 0 spiro atoms. The predicted octanol–water partition coefficient (Wildman–Crippen LogP) is 1.48. The van der Waals surface area contributed by atoms with E-state index in [-0.39, 0.29) is 29.9 Å². The van der Waals surface area contributed by atoms with Crippen LogP contribution in [0.2, 0.25) is 0 Å². The number of likely N-dealkylation sites (tertiary alicyclic amines) is 1. The van der Waals surface area contributed by atoms with Crippen LogP contribution in [-0.4, -0.2) is 99.2 Å². The van der Waals surface area contributed by atoms with Gasteiger partial charge in [0.05, 0.1) is 13.2 Å². The summed E-state index contributed by atoms with van der Waals surface area (Å²) in [6, 6.07) is 0. The molecule has 1 N–H and O–H groups in total. The Morgan fingerprint density at radius 1 is 1.11 bits per heavy atom. The first-order valence-electron chi connectivity index (χ1n) is 10.2. The Morgan fingerprint density at radius 3 is 2.33 bits per heavy atom. The highest BCUT2D eigenvalue weighted by Gasteiger charge is 2.30. The highest BCUT2D eigenvalue weighted by molar-refractivity contribution is 14.0. The van der Waals surface area contributed by atoms with Gasteiger partial charge in [0.1, 0.15) is 0 Å². The molecule has 2 rings (SSSR count). The molecule has 0 saturated carbocycles. The number of nitrogens with one attached hydrogen (secondary N) is 1. The fourth-order valence-electron chi connectivity index (χ4n) is 3.78. The van der Waals surface area contributed by atoms with Crippen molar-refractivity contribution in [2.75, 3.05) is 72.6 Å². The van der Waals surface area contributed by atoms with E-state index in [1.165, 1.54) is 6.42 Å². The lowest BCUT2D eigenvalue weighted by Gasteiger charge is -2.36. The maximum Gasteiger partial charge on any atom is 0.225 e. The van der Waals surface area contributed by atoms with E-state index in [2.05, 4.69) is 34.0 Å². The molecule has 0 aromatic rings.